The summed E-state index contributed by atoms with van der Waals surface area (Å²) in [6.45, 7) is 2.81. The summed E-state index contributed by atoms with van der Waals surface area (Å²) < 4.78 is 0. The summed E-state index contributed by atoms with van der Waals surface area (Å²) in [5, 5.41) is 4.82. The summed E-state index contributed by atoms with van der Waals surface area (Å²) in [6, 6.07) is 27.4. The molecule has 0 unspecified atom stereocenters. The van der Waals surface area contributed by atoms with Crippen molar-refractivity contribution in [3.63, 3.8) is 0 Å². The van der Waals surface area contributed by atoms with E-state index in [0.29, 0.717) is 6.42 Å². The van der Waals surface area contributed by atoms with E-state index in [4.69, 9.17) is 0 Å². The fourth-order valence-corrected chi connectivity index (χ4v) is 4.34. The summed E-state index contributed by atoms with van der Waals surface area (Å²) in [4.78, 5) is 15.2. The van der Waals surface area contributed by atoms with Crippen molar-refractivity contribution < 1.29 is 4.79 Å². The third kappa shape index (κ3) is 3.91. The van der Waals surface area contributed by atoms with Gasteiger partial charge in [0.15, 0.2) is 5.78 Å². The molecule has 29 heavy (non-hydrogen) atoms. The minimum absolute atomic E-state index is 0. The Hall–Kier alpha value is -2.68. The van der Waals surface area contributed by atoms with Crippen LogP contribution in [0.1, 0.15) is 27.9 Å². The molecule has 0 spiro atoms. The lowest BCUT2D eigenvalue weighted by atomic mass is 9.97. The predicted octanol–water partition coefficient (Wildman–Crippen LogP) is 6.05. The van der Waals surface area contributed by atoms with Crippen molar-refractivity contribution in [3.05, 3.63) is 95.6 Å². The first kappa shape index (κ1) is 19.6. The molecule has 0 N–H and O–H groups in total. The molecule has 1 aliphatic rings. The Balaban J connectivity index is 0.00000205. The lowest BCUT2D eigenvalue weighted by Crippen LogP contribution is -2.32. The zero-order valence-corrected chi connectivity index (χ0v) is 17.1. The SMILES string of the molecule is Cl.O=C(CCN1CCc2ccccc2C1)c1ccc2c(ccc3ccccc32)c1. The molecule has 0 saturated carbocycles. The van der Waals surface area contributed by atoms with Crippen molar-refractivity contribution in [2.45, 2.75) is 19.4 Å². The van der Waals surface area contributed by atoms with Crippen LogP contribution >= 0.6 is 12.4 Å². The van der Waals surface area contributed by atoms with Crippen LogP contribution in [0.3, 0.4) is 0 Å². The molecule has 0 saturated heterocycles. The van der Waals surface area contributed by atoms with Crippen LogP contribution in [0.25, 0.3) is 21.5 Å². The zero-order chi connectivity index (χ0) is 18.9. The van der Waals surface area contributed by atoms with Crippen molar-refractivity contribution in [1.29, 1.82) is 0 Å². The highest BCUT2D eigenvalue weighted by molar-refractivity contribution is 6.09. The first-order chi connectivity index (χ1) is 13.8. The summed E-state index contributed by atoms with van der Waals surface area (Å²) in [5.74, 6) is 0.230. The number of fused-ring (bicyclic) bond motifs is 4. The quantitative estimate of drug-likeness (QED) is 0.306. The van der Waals surface area contributed by atoms with Crippen molar-refractivity contribution in [1.82, 2.24) is 4.90 Å². The Morgan fingerprint density at radius 2 is 1.52 bits per heavy atom. The van der Waals surface area contributed by atoms with Gasteiger partial charge in [-0.25, -0.2) is 0 Å². The van der Waals surface area contributed by atoms with Gasteiger partial charge in [-0.2, -0.15) is 0 Å². The maximum Gasteiger partial charge on any atom is 0.164 e. The van der Waals surface area contributed by atoms with Gasteiger partial charge in [-0.1, -0.05) is 72.8 Å². The van der Waals surface area contributed by atoms with Gasteiger partial charge >= 0.3 is 0 Å². The van der Waals surface area contributed by atoms with Crippen LogP contribution in [-0.4, -0.2) is 23.8 Å². The molecule has 1 aliphatic heterocycles. The molecule has 0 radical (unpaired) electrons. The highest BCUT2D eigenvalue weighted by Crippen LogP contribution is 2.26. The van der Waals surface area contributed by atoms with E-state index in [1.807, 2.05) is 6.07 Å². The van der Waals surface area contributed by atoms with E-state index >= 15 is 0 Å². The number of benzene rings is 4. The summed E-state index contributed by atoms with van der Waals surface area (Å²) in [6.07, 6.45) is 1.65. The molecule has 3 heteroatoms. The number of nitrogens with zero attached hydrogens (tertiary/aromatic N) is 1. The van der Waals surface area contributed by atoms with E-state index < -0.39 is 0 Å². The minimum Gasteiger partial charge on any atom is -0.298 e. The highest BCUT2D eigenvalue weighted by atomic mass is 35.5. The van der Waals surface area contributed by atoms with Crippen LogP contribution in [0.5, 0.6) is 0 Å². The topological polar surface area (TPSA) is 20.3 Å². The van der Waals surface area contributed by atoms with Gasteiger partial charge in [-0.05, 0) is 45.2 Å². The third-order valence-electron chi connectivity index (χ3n) is 5.93. The summed E-state index contributed by atoms with van der Waals surface area (Å²) in [5.41, 5.74) is 3.67. The maximum atomic E-state index is 12.8. The van der Waals surface area contributed by atoms with Gasteiger partial charge in [0.2, 0.25) is 0 Å². The van der Waals surface area contributed by atoms with E-state index in [1.54, 1.807) is 0 Å². The van der Waals surface area contributed by atoms with Crippen LogP contribution in [0.15, 0.2) is 78.9 Å². The fraction of sp³-hybridized carbons (Fsp3) is 0.192. The second kappa shape index (κ2) is 8.36. The van der Waals surface area contributed by atoms with Gasteiger partial charge in [0, 0.05) is 31.6 Å². The lowest BCUT2D eigenvalue weighted by Gasteiger charge is -2.28. The fourth-order valence-electron chi connectivity index (χ4n) is 4.34. The van der Waals surface area contributed by atoms with E-state index in [9.17, 15) is 4.79 Å². The van der Waals surface area contributed by atoms with Crippen molar-refractivity contribution in [2.75, 3.05) is 13.1 Å². The van der Waals surface area contributed by atoms with Crippen LogP contribution in [0.2, 0.25) is 0 Å². The Kier molecular flexibility index (Phi) is 5.66. The minimum atomic E-state index is 0. The first-order valence-electron chi connectivity index (χ1n) is 10.0. The molecule has 0 atom stereocenters. The van der Waals surface area contributed by atoms with E-state index in [-0.39, 0.29) is 18.2 Å². The second-order valence-electron chi connectivity index (χ2n) is 7.69. The Morgan fingerprint density at radius 1 is 0.793 bits per heavy atom. The molecule has 0 aliphatic carbocycles. The monoisotopic (exact) mass is 401 g/mol. The average molecular weight is 402 g/mol. The molecule has 0 aromatic heterocycles. The van der Waals surface area contributed by atoms with Gasteiger partial charge in [-0.15, -0.1) is 12.4 Å². The van der Waals surface area contributed by atoms with Crippen LogP contribution in [0.4, 0.5) is 0 Å². The number of Topliss-reactive ketones (excluding diaryl/α,β-unsaturated/α-hetero) is 1. The van der Waals surface area contributed by atoms with Gasteiger partial charge in [-0.3, -0.25) is 9.69 Å². The first-order valence-corrected chi connectivity index (χ1v) is 10.0. The number of hydrogen-bond donors (Lipinski definition) is 0. The van der Waals surface area contributed by atoms with E-state index in [1.165, 1.54) is 27.3 Å². The highest BCUT2D eigenvalue weighted by Gasteiger charge is 2.17. The van der Waals surface area contributed by atoms with Crippen LogP contribution in [0, 0.1) is 0 Å². The largest absolute Gasteiger partial charge is 0.298 e. The van der Waals surface area contributed by atoms with E-state index in [2.05, 4.69) is 77.7 Å². The number of ketones is 1. The molecule has 2 nitrogen and oxygen atoms in total. The zero-order valence-electron chi connectivity index (χ0n) is 16.3. The molecule has 4 aromatic carbocycles. The molecule has 5 rings (SSSR count). The molecule has 0 bridgehead atoms. The summed E-state index contributed by atoms with van der Waals surface area (Å²) in [7, 11) is 0. The number of rotatable bonds is 4. The summed E-state index contributed by atoms with van der Waals surface area (Å²) >= 11 is 0. The van der Waals surface area contributed by atoms with Gasteiger partial charge in [0.1, 0.15) is 0 Å². The predicted molar refractivity (Wildman–Crippen MR) is 123 cm³/mol. The number of carbonyl (C=O) groups excluding carboxylic acids is 1. The molecular formula is C26H24ClNO. The normalized spacial score (nSPS) is 13.8. The Morgan fingerprint density at radius 3 is 2.41 bits per heavy atom. The third-order valence-corrected chi connectivity index (χ3v) is 5.93. The van der Waals surface area contributed by atoms with Crippen molar-refractivity contribution in [2.24, 2.45) is 0 Å². The van der Waals surface area contributed by atoms with Gasteiger partial charge in [0.25, 0.3) is 0 Å². The molecular weight excluding hydrogens is 378 g/mol. The maximum absolute atomic E-state index is 12.8. The average Bonchev–Trinajstić information content (AvgIpc) is 2.76. The Labute approximate surface area is 177 Å². The van der Waals surface area contributed by atoms with Gasteiger partial charge < -0.3 is 0 Å². The molecule has 4 aromatic rings. The lowest BCUT2D eigenvalue weighted by molar-refractivity contribution is 0.0961. The van der Waals surface area contributed by atoms with Crippen molar-refractivity contribution in [3.8, 4) is 0 Å². The Bertz CT molecular complexity index is 1180. The number of hydrogen-bond acceptors (Lipinski definition) is 2. The number of halogens is 1. The molecule has 146 valence electrons. The molecule has 1 heterocycles. The van der Waals surface area contributed by atoms with E-state index in [0.717, 1.165) is 37.0 Å². The number of carbonyl (C=O) groups is 1. The molecule has 0 fully saturated rings. The van der Waals surface area contributed by atoms with Crippen LogP contribution < -0.4 is 0 Å². The van der Waals surface area contributed by atoms with Crippen molar-refractivity contribution >= 4 is 39.7 Å². The smallest absolute Gasteiger partial charge is 0.164 e. The van der Waals surface area contributed by atoms with Crippen LogP contribution in [-0.2, 0) is 13.0 Å². The molecule has 0 amide bonds. The second-order valence-corrected chi connectivity index (χ2v) is 7.69. The van der Waals surface area contributed by atoms with Gasteiger partial charge in [0.05, 0.1) is 0 Å². The standard InChI is InChI=1S/C26H23NO.ClH/c28-26(14-16-27-15-13-19-5-1-2-7-23(19)18-27)22-11-12-25-21(17-22)10-9-20-6-3-4-8-24(20)25;/h1-12,17H,13-16,18H2;1H.